The van der Waals surface area contributed by atoms with Gasteiger partial charge in [-0.25, -0.2) is 9.78 Å². The zero-order valence-corrected chi connectivity index (χ0v) is 13.6. The summed E-state index contributed by atoms with van der Waals surface area (Å²) in [6, 6.07) is 0.325. The van der Waals surface area contributed by atoms with Crippen LogP contribution in [-0.2, 0) is 9.47 Å². The molecule has 0 unspecified atom stereocenters. The summed E-state index contributed by atoms with van der Waals surface area (Å²) < 4.78 is 10.7. The highest BCUT2D eigenvalue weighted by Gasteiger charge is 2.34. The van der Waals surface area contributed by atoms with Gasteiger partial charge in [-0.3, -0.25) is 4.90 Å². The number of amides is 1. The van der Waals surface area contributed by atoms with Crippen molar-refractivity contribution >= 4 is 22.6 Å². The van der Waals surface area contributed by atoms with Crippen molar-refractivity contribution in [2.75, 3.05) is 44.3 Å². The third-order valence-electron chi connectivity index (χ3n) is 4.11. The lowest BCUT2D eigenvalue weighted by molar-refractivity contribution is -0.00297. The van der Waals surface area contributed by atoms with Crippen LogP contribution in [0.25, 0.3) is 0 Å². The van der Waals surface area contributed by atoms with Gasteiger partial charge in [0.2, 0.25) is 0 Å². The number of anilines is 1. The lowest BCUT2D eigenvalue weighted by atomic mass is 10.0. The van der Waals surface area contributed by atoms with Crippen LogP contribution in [0.3, 0.4) is 0 Å². The van der Waals surface area contributed by atoms with Crippen LogP contribution in [0.15, 0.2) is 5.38 Å². The maximum absolute atomic E-state index is 11.1. The van der Waals surface area contributed by atoms with E-state index in [9.17, 15) is 4.79 Å². The average molecular weight is 326 g/mol. The van der Waals surface area contributed by atoms with E-state index in [1.807, 2.05) is 12.3 Å². The minimum absolute atomic E-state index is 0.191. The number of ether oxygens (including phenoxy) is 2. The van der Waals surface area contributed by atoms with E-state index in [4.69, 9.17) is 15.2 Å². The van der Waals surface area contributed by atoms with E-state index in [1.54, 1.807) is 11.3 Å². The lowest BCUT2D eigenvalue weighted by Crippen LogP contribution is -2.56. The molecule has 1 amide bonds. The molecule has 2 N–H and O–H groups in total. The highest BCUT2D eigenvalue weighted by Crippen LogP contribution is 2.27. The van der Waals surface area contributed by atoms with Crippen LogP contribution in [0.2, 0.25) is 0 Å². The number of nitrogens with zero attached hydrogens (tertiary/aromatic N) is 3. The van der Waals surface area contributed by atoms with Gasteiger partial charge in [0, 0.05) is 37.5 Å². The Morgan fingerprint density at radius 1 is 1.45 bits per heavy atom. The van der Waals surface area contributed by atoms with Gasteiger partial charge < -0.3 is 20.1 Å². The molecule has 122 valence electrons. The Morgan fingerprint density at radius 2 is 2.23 bits per heavy atom. The van der Waals surface area contributed by atoms with Crippen molar-refractivity contribution in [2.45, 2.75) is 25.5 Å². The molecule has 2 atom stereocenters. The second-order valence-corrected chi connectivity index (χ2v) is 6.61. The minimum atomic E-state index is -0.706. The molecule has 0 aliphatic carbocycles. The van der Waals surface area contributed by atoms with Gasteiger partial charge in [-0.05, 0) is 6.92 Å². The Labute approximate surface area is 134 Å². The summed E-state index contributed by atoms with van der Waals surface area (Å²) in [6.45, 7) is 6.88. The SMILES string of the molecule is Cc1csc(N2C[C@@H](OC(N)=O)C[C@H](N3CCOCC3)C2)n1. The summed E-state index contributed by atoms with van der Waals surface area (Å²) >= 11 is 1.63. The number of nitrogens with two attached hydrogens (primary N) is 1. The largest absolute Gasteiger partial charge is 0.444 e. The van der Waals surface area contributed by atoms with Gasteiger partial charge in [-0.1, -0.05) is 0 Å². The Hall–Kier alpha value is -1.38. The quantitative estimate of drug-likeness (QED) is 0.886. The van der Waals surface area contributed by atoms with Crippen LogP contribution in [0.1, 0.15) is 12.1 Å². The van der Waals surface area contributed by atoms with Gasteiger partial charge in [0.15, 0.2) is 5.13 Å². The number of morpholine rings is 1. The zero-order valence-electron chi connectivity index (χ0n) is 12.7. The first-order chi connectivity index (χ1) is 10.6. The highest BCUT2D eigenvalue weighted by atomic mass is 32.1. The number of aryl methyl sites for hydroxylation is 1. The predicted octanol–water partition coefficient (Wildman–Crippen LogP) is 0.826. The monoisotopic (exact) mass is 326 g/mol. The molecule has 3 heterocycles. The summed E-state index contributed by atoms with van der Waals surface area (Å²) in [5.41, 5.74) is 6.22. The molecule has 2 saturated heterocycles. The van der Waals surface area contributed by atoms with Crippen LogP contribution in [0.5, 0.6) is 0 Å². The normalized spacial score (nSPS) is 26.9. The molecule has 1 aromatic heterocycles. The minimum Gasteiger partial charge on any atom is -0.444 e. The highest BCUT2D eigenvalue weighted by molar-refractivity contribution is 7.13. The Balaban J connectivity index is 1.73. The summed E-state index contributed by atoms with van der Waals surface area (Å²) in [6.07, 6.45) is -0.0877. The number of hydrogen-bond acceptors (Lipinski definition) is 7. The van der Waals surface area contributed by atoms with Crippen LogP contribution in [0.4, 0.5) is 9.93 Å². The second-order valence-electron chi connectivity index (χ2n) is 5.77. The van der Waals surface area contributed by atoms with Crippen molar-refractivity contribution in [1.29, 1.82) is 0 Å². The molecule has 0 aromatic carbocycles. The number of rotatable bonds is 3. The van der Waals surface area contributed by atoms with Crippen LogP contribution >= 0.6 is 11.3 Å². The maximum Gasteiger partial charge on any atom is 0.404 e. The summed E-state index contributed by atoms with van der Waals surface area (Å²) in [5, 5.41) is 3.02. The molecule has 2 aliphatic heterocycles. The molecule has 3 rings (SSSR count). The first-order valence-corrected chi connectivity index (χ1v) is 8.45. The van der Waals surface area contributed by atoms with Crippen LogP contribution in [0, 0.1) is 6.92 Å². The van der Waals surface area contributed by atoms with Crippen molar-refractivity contribution in [2.24, 2.45) is 5.73 Å². The average Bonchev–Trinajstić information content (AvgIpc) is 2.94. The maximum atomic E-state index is 11.1. The summed E-state index contributed by atoms with van der Waals surface area (Å²) in [5.74, 6) is 0. The Morgan fingerprint density at radius 3 is 2.86 bits per heavy atom. The molecule has 0 radical (unpaired) electrons. The first-order valence-electron chi connectivity index (χ1n) is 7.57. The fraction of sp³-hybridized carbons (Fsp3) is 0.714. The van der Waals surface area contributed by atoms with Gasteiger partial charge in [0.05, 0.1) is 25.5 Å². The van der Waals surface area contributed by atoms with Gasteiger partial charge in [-0.2, -0.15) is 0 Å². The third kappa shape index (κ3) is 3.68. The smallest absolute Gasteiger partial charge is 0.404 e. The first kappa shape index (κ1) is 15.5. The molecule has 0 saturated carbocycles. The standard InChI is InChI=1S/C14H22N4O3S/c1-10-9-22-14(16-10)18-7-11(17-2-4-20-5-3-17)6-12(8-18)21-13(15)19/h9,11-12H,2-8H2,1H3,(H2,15,19)/t11-,12-/m0/s1. The summed E-state index contributed by atoms with van der Waals surface area (Å²) in [7, 11) is 0. The number of thiazole rings is 1. The Bertz CT molecular complexity index is 518. The fourth-order valence-corrected chi connectivity index (χ4v) is 3.95. The van der Waals surface area contributed by atoms with E-state index in [0.29, 0.717) is 12.6 Å². The second kappa shape index (κ2) is 6.80. The Kier molecular flexibility index (Phi) is 4.80. The van der Waals surface area contributed by atoms with E-state index in [1.165, 1.54) is 0 Å². The van der Waals surface area contributed by atoms with Crippen molar-refractivity contribution in [3.05, 3.63) is 11.1 Å². The predicted molar refractivity (Wildman–Crippen MR) is 84.3 cm³/mol. The van der Waals surface area contributed by atoms with Crippen LogP contribution in [-0.4, -0.2) is 67.5 Å². The topological polar surface area (TPSA) is 80.9 Å². The van der Waals surface area contributed by atoms with Crippen LogP contribution < -0.4 is 10.6 Å². The van der Waals surface area contributed by atoms with E-state index in [-0.39, 0.29) is 6.10 Å². The molecular formula is C14H22N4O3S. The molecule has 8 heteroatoms. The fourth-order valence-electron chi connectivity index (χ4n) is 3.13. The molecule has 0 spiro atoms. The van der Waals surface area contributed by atoms with Gasteiger partial charge in [-0.15, -0.1) is 11.3 Å². The number of carbonyl (C=O) groups is 1. The van der Waals surface area contributed by atoms with E-state index in [0.717, 1.165) is 50.1 Å². The van der Waals surface area contributed by atoms with E-state index < -0.39 is 6.09 Å². The third-order valence-corrected chi connectivity index (χ3v) is 5.13. The molecule has 2 fully saturated rings. The molecule has 7 nitrogen and oxygen atoms in total. The molecule has 0 bridgehead atoms. The van der Waals surface area contributed by atoms with E-state index in [2.05, 4.69) is 14.8 Å². The number of primary amides is 1. The lowest BCUT2D eigenvalue weighted by Gasteiger charge is -2.43. The number of aromatic nitrogens is 1. The molecule has 1 aromatic rings. The van der Waals surface area contributed by atoms with E-state index >= 15 is 0 Å². The van der Waals surface area contributed by atoms with Crippen molar-refractivity contribution < 1.29 is 14.3 Å². The van der Waals surface area contributed by atoms with Crippen molar-refractivity contribution in [1.82, 2.24) is 9.88 Å². The van der Waals surface area contributed by atoms with Gasteiger partial charge in [0.25, 0.3) is 0 Å². The van der Waals surface area contributed by atoms with Gasteiger partial charge >= 0.3 is 6.09 Å². The number of carbonyl (C=O) groups excluding carboxylic acids is 1. The van der Waals surface area contributed by atoms with Crippen molar-refractivity contribution in [3.8, 4) is 0 Å². The number of piperidine rings is 1. The summed E-state index contributed by atoms with van der Waals surface area (Å²) in [4.78, 5) is 20.3. The van der Waals surface area contributed by atoms with Gasteiger partial charge in [0.1, 0.15) is 6.10 Å². The molecule has 2 aliphatic rings. The molecule has 22 heavy (non-hydrogen) atoms. The van der Waals surface area contributed by atoms with Crippen molar-refractivity contribution in [3.63, 3.8) is 0 Å². The molecular weight excluding hydrogens is 304 g/mol. The number of hydrogen-bond donors (Lipinski definition) is 1. The zero-order chi connectivity index (χ0) is 15.5.